The van der Waals surface area contributed by atoms with Crippen LogP contribution in [0.25, 0.3) is 0 Å². The van der Waals surface area contributed by atoms with Crippen LogP contribution < -0.4 is 31.0 Å². The number of unbranched alkanes of at least 4 members (excludes halogenated alkanes) is 2. The fourth-order valence-electron chi connectivity index (χ4n) is 2.68. The van der Waals surface area contributed by atoms with Gasteiger partial charge in [0, 0.05) is 0 Å². The molecule has 0 radical (unpaired) electrons. The summed E-state index contributed by atoms with van der Waals surface area (Å²) < 4.78 is 2.14. The van der Waals surface area contributed by atoms with Gasteiger partial charge in [0.2, 0.25) is 0 Å². The van der Waals surface area contributed by atoms with Crippen LogP contribution in [0.15, 0.2) is 48.5 Å². The fourth-order valence-corrected chi connectivity index (χ4v) is 9.79. The number of carbonyl (C=O) groups is 2. The molecule has 6 N–H and O–H groups in total. The molecule has 0 aliphatic rings. The van der Waals surface area contributed by atoms with Crippen molar-refractivity contribution in [2.24, 2.45) is 11.5 Å². The second kappa shape index (κ2) is 14.4. The van der Waals surface area contributed by atoms with Crippen LogP contribution in [0, 0.1) is 0 Å². The Morgan fingerprint density at radius 2 is 1.07 bits per heavy atom. The second-order valence-electron chi connectivity index (χ2n) is 6.66. The van der Waals surface area contributed by atoms with Crippen LogP contribution in [-0.2, 0) is 0 Å². The van der Waals surface area contributed by atoms with E-state index in [0.717, 1.165) is 45.7 Å². The van der Waals surface area contributed by atoms with Crippen molar-refractivity contribution in [2.75, 3.05) is 26.2 Å². The van der Waals surface area contributed by atoms with Crippen molar-refractivity contribution in [3.8, 4) is 0 Å². The minimum atomic E-state index is -0.0359. The average molecular weight is 540 g/mol. The zero-order chi connectivity index (χ0) is 21.6. The molecule has 0 atom stereocenters. The summed E-state index contributed by atoms with van der Waals surface area (Å²) in [7, 11) is 0. The Morgan fingerprint density at radius 1 is 0.667 bits per heavy atom. The predicted octanol–water partition coefficient (Wildman–Crippen LogP) is -0.102. The molecule has 2 aromatic rings. The van der Waals surface area contributed by atoms with E-state index in [4.69, 9.17) is 11.5 Å². The van der Waals surface area contributed by atoms with Gasteiger partial charge in [0.25, 0.3) is 0 Å². The molecule has 8 heteroatoms. The summed E-state index contributed by atoms with van der Waals surface area (Å²) in [5.41, 5.74) is 12.5. The maximum absolute atomic E-state index is 12.6. The molecule has 2 aromatic carbocycles. The van der Waals surface area contributed by atoms with Crippen molar-refractivity contribution in [1.29, 1.82) is 0 Å². The molecule has 0 fully saturated rings. The average Bonchev–Trinajstić information content (AvgIpc) is 2.78. The Balaban J connectivity index is 2.01. The number of nitrogens with one attached hydrogen (secondary N) is 2. The Kier molecular flexibility index (Phi) is 11.8. The normalized spacial score (nSPS) is 10.6. The van der Waals surface area contributed by atoms with Crippen LogP contribution in [0.3, 0.4) is 0 Å². The maximum atomic E-state index is 12.6. The van der Waals surface area contributed by atoms with E-state index in [9.17, 15) is 9.59 Å². The Labute approximate surface area is 189 Å². The van der Waals surface area contributed by atoms with Gasteiger partial charge in [-0.05, 0) is 0 Å². The van der Waals surface area contributed by atoms with Crippen LogP contribution in [0.1, 0.15) is 46.4 Å². The predicted molar refractivity (Wildman–Crippen MR) is 125 cm³/mol. The number of nitrogens with two attached hydrogens (primary N) is 2. The molecule has 0 heterocycles. The molecule has 0 spiro atoms. The first-order chi connectivity index (χ1) is 14.7. The number of carbonyl (C=O) groups excluding carboxylic acids is 2. The van der Waals surface area contributed by atoms with Gasteiger partial charge in [-0.2, -0.15) is 0 Å². The summed E-state index contributed by atoms with van der Waals surface area (Å²) in [4.78, 5) is 25.2. The SMILES string of the molecule is NCCCCNC(=O)c1ccccc1[Se][Se]c1ccccc1C(=O)NCCCCN. The number of benzene rings is 2. The zero-order valence-electron chi connectivity index (χ0n) is 17.1. The molecular formula is C22H30N4O2Se2. The van der Waals surface area contributed by atoms with E-state index in [-0.39, 0.29) is 38.1 Å². The van der Waals surface area contributed by atoms with Gasteiger partial charge in [0.1, 0.15) is 0 Å². The van der Waals surface area contributed by atoms with E-state index in [1.807, 2.05) is 48.5 Å². The van der Waals surface area contributed by atoms with Crippen LogP contribution in [0.4, 0.5) is 0 Å². The standard InChI is InChI=1S/C22H30N4O2Se2/c23-13-5-7-15-25-21(27)17-9-1-3-11-19(17)29-30-20-12-4-2-10-18(20)22(28)26-16-8-6-14-24/h1-4,9-12H,5-8,13-16,23-24H2,(H,25,27)(H,26,28). The van der Waals surface area contributed by atoms with E-state index in [0.29, 0.717) is 26.2 Å². The van der Waals surface area contributed by atoms with E-state index in [1.165, 1.54) is 0 Å². The molecular weight excluding hydrogens is 510 g/mol. The van der Waals surface area contributed by atoms with Crippen molar-refractivity contribution >= 4 is 47.0 Å². The quantitative estimate of drug-likeness (QED) is 0.210. The van der Waals surface area contributed by atoms with E-state index < -0.39 is 0 Å². The van der Waals surface area contributed by atoms with Gasteiger partial charge < -0.3 is 0 Å². The molecule has 0 aliphatic carbocycles. The third-order valence-electron chi connectivity index (χ3n) is 4.32. The van der Waals surface area contributed by atoms with Gasteiger partial charge >= 0.3 is 190 Å². The first-order valence-corrected chi connectivity index (χ1v) is 16.2. The van der Waals surface area contributed by atoms with Crippen LogP contribution in [0.5, 0.6) is 0 Å². The molecule has 2 amide bonds. The molecule has 6 nitrogen and oxygen atoms in total. The zero-order valence-corrected chi connectivity index (χ0v) is 20.5. The molecule has 2 rings (SSSR count). The summed E-state index contributed by atoms with van der Waals surface area (Å²) in [5.74, 6) is -0.0718. The fraction of sp³-hybridized carbons (Fsp3) is 0.364. The molecule has 0 unspecified atom stereocenters. The van der Waals surface area contributed by atoms with Crippen LogP contribution in [-0.4, -0.2) is 64.3 Å². The molecule has 0 aliphatic heterocycles. The molecule has 0 aromatic heterocycles. The van der Waals surface area contributed by atoms with Gasteiger partial charge in [-0.25, -0.2) is 0 Å². The Hall–Kier alpha value is -1.66. The van der Waals surface area contributed by atoms with Gasteiger partial charge in [-0.1, -0.05) is 0 Å². The molecule has 0 saturated carbocycles. The number of hydrogen-bond acceptors (Lipinski definition) is 4. The monoisotopic (exact) mass is 542 g/mol. The summed E-state index contributed by atoms with van der Waals surface area (Å²) in [6.45, 7) is 2.54. The third kappa shape index (κ3) is 8.23. The Morgan fingerprint density at radius 3 is 1.47 bits per heavy atom. The van der Waals surface area contributed by atoms with E-state index in [2.05, 4.69) is 10.6 Å². The van der Waals surface area contributed by atoms with Gasteiger partial charge in [-0.15, -0.1) is 0 Å². The van der Waals surface area contributed by atoms with Crippen molar-refractivity contribution in [2.45, 2.75) is 25.7 Å². The minimum absolute atomic E-state index is 0.0359. The van der Waals surface area contributed by atoms with E-state index in [1.54, 1.807) is 0 Å². The number of hydrogen-bond donors (Lipinski definition) is 4. The first kappa shape index (κ1) is 24.6. The molecule has 30 heavy (non-hydrogen) atoms. The Bertz CT molecular complexity index is 750. The van der Waals surface area contributed by atoms with Crippen molar-refractivity contribution in [1.82, 2.24) is 10.6 Å². The molecule has 162 valence electrons. The summed E-state index contributed by atoms with van der Waals surface area (Å²) >= 11 is 0.183. The van der Waals surface area contributed by atoms with Crippen LogP contribution in [0.2, 0.25) is 0 Å². The summed E-state index contributed by atoms with van der Waals surface area (Å²) in [5, 5.41) is 5.97. The topological polar surface area (TPSA) is 110 Å². The van der Waals surface area contributed by atoms with Crippen molar-refractivity contribution in [3.05, 3.63) is 59.7 Å². The van der Waals surface area contributed by atoms with Gasteiger partial charge in [0.05, 0.1) is 0 Å². The van der Waals surface area contributed by atoms with E-state index >= 15 is 0 Å². The number of amides is 2. The second-order valence-corrected chi connectivity index (χ2v) is 12.8. The van der Waals surface area contributed by atoms with Gasteiger partial charge in [-0.3, -0.25) is 0 Å². The van der Waals surface area contributed by atoms with Crippen LogP contribution >= 0.6 is 0 Å². The third-order valence-corrected chi connectivity index (χ3v) is 11.6. The number of rotatable bonds is 13. The van der Waals surface area contributed by atoms with Gasteiger partial charge in [0.15, 0.2) is 0 Å². The first-order valence-electron chi connectivity index (χ1n) is 10.2. The van der Waals surface area contributed by atoms with Crippen molar-refractivity contribution < 1.29 is 9.59 Å². The van der Waals surface area contributed by atoms with Crippen molar-refractivity contribution in [3.63, 3.8) is 0 Å². The molecule has 0 bridgehead atoms. The molecule has 0 saturated heterocycles. The summed E-state index contributed by atoms with van der Waals surface area (Å²) in [6, 6.07) is 15.5. The summed E-state index contributed by atoms with van der Waals surface area (Å²) in [6.07, 6.45) is 3.57.